The second-order valence-electron chi connectivity index (χ2n) is 6.94. The van der Waals surface area contributed by atoms with Crippen LogP contribution in [0.5, 0.6) is 0 Å². The van der Waals surface area contributed by atoms with Crippen molar-refractivity contribution in [2.24, 2.45) is 0 Å². The number of aryl methyl sites for hydroxylation is 1. The van der Waals surface area contributed by atoms with E-state index in [1.54, 1.807) is 11.0 Å². The third-order valence-corrected chi connectivity index (χ3v) is 6.41. The molecule has 1 saturated heterocycles. The molecule has 0 aromatic heterocycles. The average molecular weight is 377 g/mol. The molecule has 0 unspecified atom stereocenters. The Hall–Kier alpha value is -2.15. The number of rotatable bonds is 6. The molecule has 0 N–H and O–H groups in total. The van der Waals surface area contributed by atoms with Gasteiger partial charge in [-0.3, -0.25) is 4.79 Å². The quantitative estimate of drug-likeness (QED) is 0.557. The van der Waals surface area contributed by atoms with Gasteiger partial charge in [0.25, 0.3) is 5.91 Å². The van der Waals surface area contributed by atoms with E-state index in [2.05, 4.69) is 0 Å². The summed E-state index contributed by atoms with van der Waals surface area (Å²) in [6, 6.07) is 7.46. The first-order valence-electron chi connectivity index (χ1n) is 8.77. The maximum Gasteiger partial charge on any atom is 0.331 e. The molecule has 6 nitrogen and oxygen atoms in total. The van der Waals surface area contributed by atoms with Crippen molar-refractivity contribution in [1.82, 2.24) is 4.90 Å². The van der Waals surface area contributed by atoms with E-state index in [4.69, 9.17) is 4.74 Å². The summed E-state index contributed by atoms with van der Waals surface area (Å²) < 4.78 is 28.4. The van der Waals surface area contributed by atoms with Crippen molar-refractivity contribution in [2.45, 2.75) is 38.3 Å². The largest absolute Gasteiger partial charge is 0.452 e. The molecule has 140 valence electrons. The van der Waals surface area contributed by atoms with Gasteiger partial charge < -0.3 is 9.64 Å². The Morgan fingerprint density at radius 2 is 1.85 bits per heavy atom. The highest BCUT2D eigenvalue weighted by Crippen LogP contribution is 2.32. The average Bonchev–Trinajstić information content (AvgIpc) is 3.36. The van der Waals surface area contributed by atoms with Gasteiger partial charge in [-0.1, -0.05) is 29.8 Å². The zero-order chi connectivity index (χ0) is 18.7. The van der Waals surface area contributed by atoms with Crippen LogP contribution < -0.4 is 0 Å². The summed E-state index contributed by atoms with van der Waals surface area (Å²) in [5.41, 5.74) is 2.00. The molecule has 0 radical (unpaired) electrons. The Balaban J connectivity index is 1.53. The molecule has 0 bridgehead atoms. The summed E-state index contributed by atoms with van der Waals surface area (Å²) in [6.07, 6.45) is 5.15. The third kappa shape index (κ3) is 4.94. The molecule has 1 aromatic carbocycles. The van der Waals surface area contributed by atoms with Gasteiger partial charge in [-0.25, -0.2) is 13.2 Å². The van der Waals surface area contributed by atoms with Crippen molar-refractivity contribution in [3.05, 3.63) is 41.5 Å². The Morgan fingerprint density at radius 1 is 1.15 bits per heavy atom. The number of carbonyl (C=O) groups is 2. The topological polar surface area (TPSA) is 80.8 Å². The van der Waals surface area contributed by atoms with Gasteiger partial charge in [0.05, 0.1) is 11.5 Å². The summed E-state index contributed by atoms with van der Waals surface area (Å²) in [7, 11) is -3.07. The minimum Gasteiger partial charge on any atom is -0.452 e. The van der Waals surface area contributed by atoms with Crippen LogP contribution in [-0.4, -0.2) is 55.4 Å². The fourth-order valence-corrected chi connectivity index (χ4v) is 4.86. The SMILES string of the molecule is Cc1ccc(/C=C/C(=O)OCC(=O)N(C2CC2)[C@H]2CCS(=O)(=O)C2)cc1. The van der Waals surface area contributed by atoms with E-state index < -0.39 is 15.8 Å². The van der Waals surface area contributed by atoms with Crippen LogP contribution in [0, 0.1) is 6.92 Å². The van der Waals surface area contributed by atoms with Crippen LogP contribution in [0.4, 0.5) is 0 Å². The molecule has 0 spiro atoms. The number of sulfone groups is 1. The van der Waals surface area contributed by atoms with Crippen LogP contribution in [0.1, 0.15) is 30.4 Å². The highest BCUT2D eigenvalue weighted by atomic mass is 32.2. The first kappa shape index (κ1) is 18.6. The first-order chi connectivity index (χ1) is 12.3. The van der Waals surface area contributed by atoms with Gasteiger partial charge in [0.2, 0.25) is 0 Å². The molecule has 1 amide bonds. The number of ether oxygens (including phenoxy) is 1. The lowest BCUT2D eigenvalue weighted by molar-refractivity contribution is -0.149. The Labute approximate surface area is 153 Å². The maximum atomic E-state index is 12.5. The Bertz CT molecular complexity index is 809. The van der Waals surface area contributed by atoms with Crippen LogP contribution in [0.25, 0.3) is 6.08 Å². The maximum absolute atomic E-state index is 12.5. The van der Waals surface area contributed by atoms with Crippen LogP contribution in [-0.2, 0) is 24.2 Å². The smallest absolute Gasteiger partial charge is 0.331 e. The fraction of sp³-hybridized carbons (Fsp3) is 0.474. The van der Waals surface area contributed by atoms with Gasteiger partial charge >= 0.3 is 5.97 Å². The lowest BCUT2D eigenvalue weighted by Gasteiger charge is -2.28. The van der Waals surface area contributed by atoms with Gasteiger partial charge in [-0.2, -0.15) is 0 Å². The van der Waals surface area contributed by atoms with E-state index in [0.29, 0.717) is 6.42 Å². The zero-order valence-corrected chi connectivity index (χ0v) is 15.6. The van der Waals surface area contributed by atoms with Gasteiger partial charge in [0.1, 0.15) is 0 Å². The predicted molar refractivity (Wildman–Crippen MR) is 98.1 cm³/mol. The van der Waals surface area contributed by atoms with Gasteiger partial charge in [0.15, 0.2) is 16.4 Å². The molecule has 2 fully saturated rings. The number of amides is 1. The summed E-state index contributed by atoms with van der Waals surface area (Å²) >= 11 is 0. The van der Waals surface area contributed by atoms with E-state index in [-0.39, 0.29) is 36.1 Å². The minimum absolute atomic E-state index is 0.0104. The molecule has 1 heterocycles. The van der Waals surface area contributed by atoms with E-state index in [9.17, 15) is 18.0 Å². The third-order valence-electron chi connectivity index (χ3n) is 4.66. The molecular weight excluding hydrogens is 354 g/mol. The Morgan fingerprint density at radius 3 is 2.42 bits per heavy atom. The standard InChI is InChI=1S/C19H23NO5S/c1-14-2-4-15(5-3-14)6-9-19(22)25-12-18(21)20(16-7-8-16)17-10-11-26(23,24)13-17/h2-6,9,16-17H,7-8,10-13H2,1H3/b9-6+/t17-/m0/s1. The summed E-state index contributed by atoms with van der Waals surface area (Å²) in [6.45, 7) is 1.62. The monoisotopic (exact) mass is 377 g/mol. The second kappa shape index (κ2) is 7.61. The zero-order valence-electron chi connectivity index (χ0n) is 14.8. The van der Waals surface area contributed by atoms with Crippen LogP contribution in [0.2, 0.25) is 0 Å². The highest BCUT2D eigenvalue weighted by molar-refractivity contribution is 7.91. The van der Waals surface area contributed by atoms with Crippen LogP contribution >= 0.6 is 0 Å². The van der Waals surface area contributed by atoms with Crippen LogP contribution in [0.15, 0.2) is 30.3 Å². The normalized spacial score (nSPS) is 21.7. The number of carbonyl (C=O) groups excluding carboxylic acids is 2. The summed E-state index contributed by atoms with van der Waals surface area (Å²) in [5.74, 6) is -0.774. The minimum atomic E-state index is -3.07. The molecule has 2 aliphatic rings. The molecule has 26 heavy (non-hydrogen) atoms. The van der Waals surface area contributed by atoms with E-state index in [1.165, 1.54) is 6.08 Å². The first-order valence-corrected chi connectivity index (χ1v) is 10.6. The van der Waals surface area contributed by atoms with Crippen molar-refractivity contribution >= 4 is 27.8 Å². The number of hydrogen-bond acceptors (Lipinski definition) is 5. The van der Waals surface area contributed by atoms with E-state index in [1.807, 2.05) is 31.2 Å². The molecule has 1 atom stereocenters. The lowest BCUT2D eigenvalue weighted by Crippen LogP contribution is -2.44. The molecule has 3 rings (SSSR count). The number of hydrogen-bond donors (Lipinski definition) is 0. The predicted octanol–water partition coefficient (Wildman–Crippen LogP) is 1.73. The van der Waals surface area contributed by atoms with Crippen molar-refractivity contribution in [2.75, 3.05) is 18.1 Å². The van der Waals surface area contributed by atoms with Crippen molar-refractivity contribution in [1.29, 1.82) is 0 Å². The van der Waals surface area contributed by atoms with E-state index >= 15 is 0 Å². The van der Waals surface area contributed by atoms with Gasteiger partial charge in [-0.15, -0.1) is 0 Å². The molecule has 1 aliphatic heterocycles. The van der Waals surface area contributed by atoms with Crippen molar-refractivity contribution in [3.63, 3.8) is 0 Å². The fourth-order valence-electron chi connectivity index (χ4n) is 3.15. The van der Waals surface area contributed by atoms with Crippen molar-refractivity contribution in [3.8, 4) is 0 Å². The molecular formula is C19H23NO5S. The number of esters is 1. The molecule has 7 heteroatoms. The summed E-state index contributed by atoms with van der Waals surface area (Å²) in [4.78, 5) is 25.9. The van der Waals surface area contributed by atoms with Crippen molar-refractivity contribution < 1.29 is 22.7 Å². The molecule has 1 aromatic rings. The van der Waals surface area contributed by atoms with E-state index in [0.717, 1.165) is 24.0 Å². The molecule has 1 aliphatic carbocycles. The Kier molecular flexibility index (Phi) is 5.46. The molecule has 1 saturated carbocycles. The van der Waals surface area contributed by atoms with Crippen LogP contribution in [0.3, 0.4) is 0 Å². The highest BCUT2D eigenvalue weighted by Gasteiger charge is 2.42. The van der Waals surface area contributed by atoms with Gasteiger partial charge in [-0.05, 0) is 37.8 Å². The summed E-state index contributed by atoms with van der Waals surface area (Å²) in [5, 5.41) is 0. The number of benzene rings is 1. The van der Waals surface area contributed by atoms with Gasteiger partial charge in [0, 0.05) is 18.2 Å². The lowest BCUT2D eigenvalue weighted by atomic mass is 10.1. The number of nitrogens with zero attached hydrogens (tertiary/aromatic N) is 1. The second-order valence-corrected chi connectivity index (χ2v) is 9.17.